The molecule has 8 heteroatoms. The Labute approximate surface area is 174 Å². The summed E-state index contributed by atoms with van der Waals surface area (Å²) in [6.45, 7) is 2.13. The van der Waals surface area contributed by atoms with Gasteiger partial charge in [-0.3, -0.25) is 5.32 Å². The lowest BCUT2D eigenvalue weighted by molar-refractivity contribution is 0.176. The maximum atomic E-state index is 11.4. The Hall–Kier alpha value is -1.83. The molecule has 1 aromatic rings. The van der Waals surface area contributed by atoms with E-state index in [9.17, 15) is 4.79 Å². The van der Waals surface area contributed by atoms with Crippen LogP contribution in [0.15, 0.2) is 46.9 Å². The number of carbonyl (C=O) groups is 1. The van der Waals surface area contributed by atoms with Crippen LogP contribution >= 0.6 is 35.6 Å². The molecule has 5 nitrogen and oxygen atoms in total. The van der Waals surface area contributed by atoms with Crippen LogP contribution in [0.25, 0.3) is 0 Å². The van der Waals surface area contributed by atoms with Gasteiger partial charge in [-0.25, -0.2) is 4.79 Å². The van der Waals surface area contributed by atoms with Gasteiger partial charge in [-0.1, -0.05) is 36.7 Å². The van der Waals surface area contributed by atoms with Gasteiger partial charge in [0, 0.05) is 9.93 Å². The molecular weight excluding hydrogens is 402 g/mol. The molecule has 0 bridgehead atoms. The average molecular weight is 424 g/mol. The van der Waals surface area contributed by atoms with Crippen molar-refractivity contribution in [1.82, 2.24) is 10.6 Å². The van der Waals surface area contributed by atoms with E-state index in [1.807, 2.05) is 30.3 Å². The van der Waals surface area contributed by atoms with E-state index in [2.05, 4.69) is 22.3 Å². The number of benzene rings is 1. The molecule has 0 saturated heterocycles. The molecule has 0 saturated carbocycles. The molecule has 1 aliphatic carbocycles. The second-order valence-corrected chi connectivity index (χ2v) is 7.77. The van der Waals surface area contributed by atoms with Crippen molar-refractivity contribution in [1.29, 1.82) is 5.41 Å². The lowest BCUT2D eigenvalue weighted by atomic mass is 9.91. The van der Waals surface area contributed by atoms with Gasteiger partial charge in [0.2, 0.25) is 0 Å². The fourth-order valence-corrected chi connectivity index (χ4v) is 3.93. The van der Waals surface area contributed by atoms with Gasteiger partial charge in [-0.15, -0.1) is 11.8 Å². The van der Waals surface area contributed by atoms with Gasteiger partial charge in [0.25, 0.3) is 0 Å². The van der Waals surface area contributed by atoms with Gasteiger partial charge in [0.05, 0.1) is 18.9 Å². The summed E-state index contributed by atoms with van der Waals surface area (Å²) in [6.07, 6.45) is 4.69. The van der Waals surface area contributed by atoms with Crippen molar-refractivity contribution in [3.63, 3.8) is 0 Å². The van der Waals surface area contributed by atoms with Crippen molar-refractivity contribution in [2.45, 2.75) is 25.8 Å². The van der Waals surface area contributed by atoms with Crippen LogP contribution in [0.3, 0.4) is 0 Å². The van der Waals surface area contributed by atoms with Gasteiger partial charge in [0.1, 0.15) is 0 Å². The van der Waals surface area contributed by atoms with Crippen LogP contribution in [0.1, 0.15) is 18.9 Å². The zero-order chi connectivity index (χ0) is 19.8. The Morgan fingerprint density at radius 3 is 2.78 bits per heavy atom. The minimum absolute atomic E-state index is 0.114. The van der Waals surface area contributed by atoms with Crippen LogP contribution in [-0.4, -0.2) is 35.8 Å². The number of methoxy groups -OCH3 is 1. The number of carbonyl (C=O) groups excluding carboxylic acids is 1. The molecule has 1 aromatic carbocycles. The first-order valence-electron chi connectivity index (χ1n) is 8.47. The summed E-state index contributed by atoms with van der Waals surface area (Å²) >= 11 is 13.3. The molecule has 1 unspecified atom stereocenters. The predicted octanol–water partition coefficient (Wildman–Crippen LogP) is 4.47. The Morgan fingerprint density at radius 1 is 1.37 bits per heavy atom. The first kappa shape index (κ1) is 21.5. The summed E-state index contributed by atoms with van der Waals surface area (Å²) in [5, 5.41) is 14.6. The Kier molecular flexibility index (Phi) is 8.34. The zero-order valence-electron chi connectivity index (χ0n) is 15.2. The molecular formula is C19H22ClN3O2S2. The monoisotopic (exact) mass is 423 g/mol. The fraction of sp³-hybridized carbons (Fsp3) is 0.316. The number of halogens is 1. The third-order valence-electron chi connectivity index (χ3n) is 3.87. The lowest BCUT2D eigenvalue weighted by Gasteiger charge is -2.28. The predicted molar refractivity (Wildman–Crippen MR) is 117 cm³/mol. The molecule has 1 atom stereocenters. The second-order valence-electron chi connectivity index (χ2n) is 5.82. The topological polar surface area (TPSA) is 74.2 Å². The molecule has 0 aliphatic heterocycles. The number of hydrogen-bond donors (Lipinski definition) is 3. The number of alkyl carbamates (subject to hydrolysis) is 1. The molecule has 2 rings (SSSR count). The molecule has 0 spiro atoms. The first-order chi connectivity index (χ1) is 13.0. The number of allylic oxidation sites excluding steroid dienone is 1. The maximum absolute atomic E-state index is 11.4. The van der Waals surface area contributed by atoms with Crippen LogP contribution in [0.5, 0.6) is 0 Å². The van der Waals surface area contributed by atoms with E-state index in [1.54, 1.807) is 17.8 Å². The van der Waals surface area contributed by atoms with E-state index in [-0.39, 0.29) is 5.11 Å². The van der Waals surface area contributed by atoms with Crippen LogP contribution in [0.2, 0.25) is 5.02 Å². The van der Waals surface area contributed by atoms with Crippen LogP contribution in [0, 0.1) is 5.41 Å². The molecule has 0 fully saturated rings. The van der Waals surface area contributed by atoms with E-state index in [0.717, 1.165) is 28.2 Å². The molecule has 0 heterocycles. The number of thioether (sulfide) groups is 1. The van der Waals surface area contributed by atoms with E-state index < -0.39 is 12.1 Å². The van der Waals surface area contributed by atoms with Gasteiger partial charge in [0.15, 0.2) is 5.11 Å². The summed E-state index contributed by atoms with van der Waals surface area (Å²) in [6, 6.07) is 7.21. The normalized spacial score (nSPS) is 16.3. The summed E-state index contributed by atoms with van der Waals surface area (Å²) in [5.41, 5.74) is 2.35. The van der Waals surface area contributed by atoms with Crippen molar-refractivity contribution in [2.75, 3.05) is 12.9 Å². The molecule has 27 heavy (non-hydrogen) atoms. The van der Waals surface area contributed by atoms with Gasteiger partial charge in [-0.2, -0.15) is 0 Å². The maximum Gasteiger partial charge on any atom is 0.413 e. The Balaban J connectivity index is 2.32. The molecule has 144 valence electrons. The average Bonchev–Trinajstić information content (AvgIpc) is 2.65. The highest BCUT2D eigenvalue weighted by molar-refractivity contribution is 8.03. The minimum atomic E-state index is -0.650. The zero-order valence-corrected chi connectivity index (χ0v) is 17.6. The summed E-state index contributed by atoms with van der Waals surface area (Å²) < 4.78 is 4.57. The van der Waals surface area contributed by atoms with Crippen molar-refractivity contribution in [3.8, 4) is 0 Å². The molecule has 1 amide bonds. The number of rotatable bonds is 6. The molecule has 0 radical (unpaired) electrons. The summed E-state index contributed by atoms with van der Waals surface area (Å²) in [4.78, 5) is 12.5. The van der Waals surface area contributed by atoms with Gasteiger partial charge in [-0.05, 0) is 60.2 Å². The van der Waals surface area contributed by atoms with Gasteiger partial charge < -0.3 is 15.5 Å². The van der Waals surface area contributed by atoms with E-state index in [1.165, 1.54) is 7.11 Å². The summed E-state index contributed by atoms with van der Waals surface area (Å²) in [7, 11) is 1.27. The summed E-state index contributed by atoms with van der Waals surface area (Å²) in [5.74, 6) is 0.969. The molecule has 1 aliphatic rings. The van der Waals surface area contributed by atoms with Crippen molar-refractivity contribution < 1.29 is 9.53 Å². The SMILES string of the molecule is CCCSC1=C(Cc2ccccc2Cl)C(NC(=S)NC(=O)OC)C(=N)C=C1. The smallest absolute Gasteiger partial charge is 0.413 e. The van der Waals surface area contributed by atoms with E-state index in [0.29, 0.717) is 17.2 Å². The third kappa shape index (κ3) is 6.09. The lowest BCUT2D eigenvalue weighted by Crippen LogP contribution is -2.49. The Morgan fingerprint density at radius 2 is 2.11 bits per heavy atom. The number of ether oxygens (including phenoxy) is 1. The van der Waals surface area contributed by atoms with E-state index in [4.69, 9.17) is 29.2 Å². The highest BCUT2D eigenvalue weighted by Gasteiger charge is 2.26. The second kappa shape index (κ2) is 10.5. The first-order valence-corrected chi connectivity index (χ1v) is 10.2. The van der Waals surface area contributed by atoms with E-state index >= 15 is 0 Å². The van der Waals surface area contributed by atoms with Crippen LogP contribution in [-0.2, 0) is 11.2 Å². The van der Waals surface area contributed by atoms with Crippen LogP contribution in [0.4, 0.5) is 4.79 Å². The number of nitrogens with one attached hydrogen (secondary N) is 3. The number of thiocarbonyl (C=S) groups is 1. The standard InChI is InChI=1S/C19H22ClN3O2S2/c1-3-10-27-16-9-8-15(21)17(22-18(26)23-19(24)25-2)13(16)11-12-6-4-5-7-14(12)20/h4-9,17,21H,3,10-11H2,1-2H3,(H2,22,23,24,26). The minimum Gasteiger partial charge on any atom is -0.453 e. The number of hydrogen-bond acceptors (Lipinski definition) is 5. The highest BCUT2D eigenvalue weighted by Crippen LogP contribution is 2.32. The van der Waals surface area contributed by atoms with Crippen LogP contribution < -0.4 is 10.6 Å². The Bertz CT molecular complexity index is 793. The van der Waals surface area contributed by atoms with Crippen molar-refractivity contribution in [3.05, 3.63) is 57.5 Å². The molecule has 0 aromatic heterocycles. The highest BCUT2D eigenvalue weighted by atomic mass is 35.5. The fourth-order valence-electron chi connectivity index (χ4n) is 2.56. The van der Waals surface area contributed by atoms with Gasteiger partial charge >= 0.3 is 6.09 Å². The quantitative estimate of drug-likeness (QED) is 0.588. The third-order valence-corrected chi connectivity index (χ3v) is 5.78. The largest absolute Gasteiger partial charge is 0.453 e. The van der Waals surface area contributed by atoms with Crippen molar-refractivity contribution >= 4 is 52.5 Å². The van der Waals surface area contributed by atoms with Crippen molar-refractivity contribution in [2.24, 2.45) is 0 Å². The molecule has 3 N–H and O–H groups in total. The number of amides is 1.